The second-order valence-electron chi connectivity index (χ2n) is 7.22. The number of hydrogen-bond donors (Lipinski definition) is 1. The van der Waals surface area contributed by atoms with Crippen molar-refractivity contribution in [1.29, 1.82) is 0 Å². The first-order valence-electron chi connectivity index (χ1n) is 8.13. The minimum atomic E-state index is -3.48. The van der Waals surface area contributed by atoms with Crippen LogP contribution in [0.4, 0.5) is 0 Å². The summed E-state index contributed by atoms with van der Waals surface area (Å²) in [5, 5.41) is 0. The lowest BCUT2D eigenvalue weighted by Crippen LogP contribution is -2.25. The predicted molar refractivity (Wildman–Crippen MR) is 95.3 cm³/mol. The molecule has 1 heterocycles. The summed E-state index contributed by atoms with van der Waals surface area (Å²) in [6.45, 7) is 10.5. The fourth-order valence-electron chi connectivity index (χ4n) is 2.50. The molecule has 1 aromatic carbocycles. The Labute approximate surface area is 144 Å². The molecule has 0 bridgehead atoms. The third kappa shape index (κ3) is 4.92. The number of aromatic nitrogens is 1. The summed E-state index contributed by atoms with van der Waals surface area (Å²) in [5.41, 5.74) is 1.80. The van der Waals surface area contributed by atoms with Gasteiger partial charge in [-0.2, -0.15) is 0 Å². The Morgan fingerprint density at radius 1 is 1.12 bits per heavy atom. The largest absolute Gasteiger partial charge is 0.446 e. The second-order valence-corrected chi connectivity index (χ2v) is 8.99. The maximum atomic E-state index is 12.3. The van der Waals surface area contributed by atoms with Crippen LogP contribution < -0.4 is 4.72 Å². The van der Waals surface area contributed by atoms with Crippen LogP contribution in [0.5, 0.6) is 0 Å². The van der Waals surface area contributed by atoms with Gasteiger partial charge in [0.2, 0.25) is 10.0 Å². The van der Waals surface area contributed by atoms with E-state index in [9.17, 15) is 8.42 Å². The van der Waals surface area contributed by atoms with Crippen molar-refractivity contribution in [2.45, 2.75) is 52.4 Å². The lowest BCUT2D eigenvalue weighted by molar-refractivity contribution is 0.365. The van der Waals surface area contributed by atoms with Crippen LogP contribution in [-0.2, 0) is 10.0 Å². The molecule has 1 N–H and O–H groups in total. The molecule has 0 aliphatic heterocycles. The smallest absolute Gasteiger partial charge is 0.240 e. The molecule has 0 saturated heterocycles. The van der Waals surface area contributed by atoms with E-state index in [0.29, 0.717) is 12.4 Å². The number of nitrogens with one attached hydrogen (secondary N) is 1. The Bertz CT molecular complexity index is 785. The number of rotatable bonds is 6. The zero-order valence-electron chi connectivity index (χ0n) is 15.0. The normalized spacial score (nSPS) is 12.5. The number of nitrogens with zero attached hydrogens (tertiary/aromatic N) is 1. The fraction of sp³-hybridized carbons (Fsp3) is 0.500. The molecule has 0 atom stereocenters. The van der Waals surface area contributed by atoms with E-state index in [1.165, 1.54) is 0 Å². The van der Waals surface area contributed by atoms with E-state index < -0.39 is 10.0 Å². The van der Waals surface area contributed by atoms with Crippen LogP contribution in [0.25, 0.3) is 11.3 Å². The number of benzene rings is 1. The van der Waals surface area contributed by atoms with E-state index in [4.69, 9.17) is 4.42 Å². The molecule has 0 saturated carbocycles. The second kappa shape index (κ2) is 7.07. The number of aryl methyl sites for hydroxylation is 2. The highest BCUT2D eigenvalue weighted by atomic mass is 32.2. The lowest BCUT2D eigenvalue weighted by Gasteiger charge is -2.17. The Morgan fingerprint density at radius 2 is 1.75 bits per heavy atom. The van der Waals surface area contributed by atoms with Crippen LogP contribution in [-0.4, -0.2) is 19.9 Å². The highest BCUT2D eigenvalue weighted by Crippen LogP contribution is 2.24. The first-order valence-corrected chi connectivity index (χ1v) is 9.61. The lowest BCUT2D eigenvalue weighted by atomic mass is 9.91. The van der Waals surface area contributed by atoms with Gasteiger partial charge in [0.05, 0.1) is 4.90 Å². The topological polar surface area (TPSA) is 72.2 Å². The van der Waals surface area contributed by atoms with Crippen LogP contribution in [0.1, 0.15) is 45.3 Å². The summed E-state index contributed by atoms with van der Waals surface area (Å²) in [4.78, 5) is 4.59. The highest BCUT2D eigenvalue weighted by Gasteiger charge is 2.16. The molecule has 132 valence electrons. The van der Waals surface area contributed by atoms with Crippen LogP contribution in [0, 0.1) is 19.3 Å². The van der Waals surface area contributed by atoms with E-state index in [0.717, 1.165) is 29.9 Å². The van der Waals surface area contributed by atoms with E-state index in [1.54, 1.807) is 31.2 Å². The summed E-state index contributed by atoms with van der Waals surface area (Å²) < 4.78 is 32.7. The average Bonchev–Trinajstić information content (AvgIpc) is 2.82. The Balaban J connectivity index is 2.05. The van der Waals surface area contributed by atoms with Crippen molar-refractivity contribution in [3.63, 3.8) is 0 Å². The summed E-state index contributed by atoms with van der Waals surface area (Å²) in [6.07, 6.45) is 1.79. The van der Waals surface area contributed by atoms with E-state index in [-0.39, 0.29) is 10.3 Å². The zero-order chi connectivity index (χ0) is 18.0. The Kier molecular flexibility index (Phi) is 5.50. The molecule has 0 aliphatic rings. The van der Waals surface area contributed by atoms with E-state index in [2.05, 4.69) is 30.5 Å². The molecule has 2 aromatic rings. The van der Waals surface area contributed by atoms with Crippen molar-refractivity contribution >= 4 is 10.0 Å². The number of hydrogen-bond acceptors (Lipinski definition) is 4. The molecule has 0 radical (unpaired) electrons. The van der Waals surface area contributed by atoms with Gasteiger partial charge in [0.1, 0.15) is 11.5 Å². The summed E-state index contributed by atoms with van der Waals surface area (Å²) in [6, 6.07) is 6.72. The van der Waals surface area contributed by atoms with Gasteiger partial charge in [-0.15, -0.1) is 0 Å². The molecule has 1 aromatic heterocycles. The first-order chi connectivity index (χ1) is 11.1. The summed E-state index contributed by atoms with van der Waals surface area (Å²) in [5.74, 6) is 1.32. The number of sulfonamides is 1. The Morgan fingerprint density at radius 3 is 2.25 bits per heavy atom. The van der Waals surface area contributed by atoms with E-state index >= 15 is 0 Å². The van der Waals surface area contributed by atoms with Gasteiger partial charge in [0.15, 0.2) is 5.89 Å². The molecule has 6 heteroatoms. The first kappa shape index (κ1) is 18.7. The fourth-order valence-corrected chi connectivity index (χ4v) is 3.57. The molecular formula is C18H26N2O3S. The molecule has 24 heavy (non-hydrogen) atoms. The van der Waals surface area contributed by atoms with Gasteiger partial charge in [-0.1, -0.05) is 32.9 Å². The number of oxazole rings is 1. The molecular weight excluding hydrogens is 324 g/mol. The SMILES string of the molecule is Cc1nc(-c2ccc(S(=O)(=O)NCCCC(C)(C)C)cc2)c(C)o1. The van der Waals surface area contributed by atoms with Crippen molar-refractivity contribution < 1.29 is 12.8 Å². The molecule has 0 aliphatic carbocycles. The van der Waals surface area contributed by atoms with Crippen molar-refractivity contribution in [2.75, 3.05) is 6.54 Å². The van der Waals surface area contributed by atoms with E-state index in [1.807, 2.05) is 6.92 Å². The van der Waals surface area contributed by atoms with Gasteiger partial charge in [-0.25, -0.2) is 18.1 Å². The van der Waals surface area contributed by atoms with Crippen LogP contribution in [0.3, 0.4) is 0 Å². The maximum absolute atomic E-state index is 12.3. The zero-order valence-corrected chi connectivity index (χ0v) is 15.8. The highest BCUT2D eigenvalue weighted by molar-refractivity contribution is 7.89. The van der Waals surface area contributed by atoms with Crippen molar-refractivity contribution in [3.05, 3.63) is 35.9 Å². The van der Waals surface area contributed by atoms with Gasteiger partial charge in [0.25, 0.3) is 0 Å². The summed E-state index contributed by atoms with van der Waals surface area (Å²) >= 11 is 0. The minimum absolute atomic E-state index is 0.209. The quantitative estimate of drug-likeness (QED) is 0.797. The van der Waals surface area contributed by atoms with Crippen molar-refractivity contribution in [3.8, 4) is 11.3 Å². The average molecular weight is 350 g/mol. The van der Waals surface area contributed by atoms with Crippen LogP contribution >= 0.6 is 0 Å². The van der Waals surface area contributed by atoms with Crippen LogP contribution in [0.15, 0.2) is 33.6 Å². The monoisotopic (exact) mass is 350 g/mol. The van der Waals surface area contributed by atoms with Gasteiger partial charge < -0.3 is 4.42 Å². The van der Waals surface area contributed by atoms with Crippen molar-refractivity contribution in [1.82, 2.24) is 9.71 Å². The van der Waals surface area contributed by atoms with Crippen molar-refractivity contribution in [2.24, 2.45) is 5.41 Å². The van der Waals surface area contributed by atoms with Gasteiger partial charge >= 0.3 is 0 Å². The van der Waals surface area contributed by atoms with Gasteiger partial charge in [-0.05, 0) is 37.3 Å². The molecule has 5 nitrogen and oxygen atoms in total. The maximum Gasteiger partial charge on any atom is 0.240 e. The van der Waals surface area contributed by atoms with Gasteiger partial charge in [-0.3, -0.25) is 0 Å². The minimum Gasteiger partial charge on any atom is -0.446 e. The summed E-state index contributed by atoms with van der Waals surface area (Å²) in [7, 11) is -3.48. The molecule has 0 unspecified atom stereocenters. The van der Waals surface area contributed by atoms with Crippen LogP contribution in [0.2, 0.25) is 0 Å². The molecule has 0 spiro atoms. The standard InChI is InChI=1S/C18H26N2O3S/c1-13-17(20-14(2)23-13)15-7-9-16(10-8-15)24(21,22)19-12-6-11-18(3,4)5/h7-10,19H,6,11-12H2,1-5H3. The van der Waals surface area contributed by atoms with Gasteiger partial charge in [0, 0.05) is 19.0 Å². The third-order valence-electron chi connectivity index (χ3n) is 3.74. The predicted octanol–water partition coefficient (Wildman–Crippen LogP) is 4.06. The molecule has 0 amide bonds. The Hall–Kier alpha value is -1.66. The third-order valence-corrected chi connectivity index (χ3v) is 5.21. The molecule has 0 fully saturated rings. The molecule has 2 rings (SSSR count).